The van der Waals surface area contributed by atoms with E-state index in [1.165, 1.54) is 0 Å². The van der Waals surface area contributed by atoms with E-state index in [9.17, 15) is 4.79 Å². The molecule has 0 aliphatic rings. The third kappa shape index (κ3) is 4.81. The molecule has 116 valence electrons. The van der Waals surface area contributed by atoms with Crippen molar-refractivity contribution in [2.75, 3.05) is 18.5 Å². The summed E-state index contributed by atoms with van der Waals surface area (Å²) in [5.41, 5.74) is 1.71. The molecule has 1 N–H and O–H groups in total. The summed E-state index contributed by atoms with van der Waals surface area (Å²) in [6.07, 6.45) is 0.333. The minimum Gasteiger partial charge on any atom is -0.494 e. The molecule has 0 heterocycles. The van der Waals surface area contributed by atoms with Crippen LogP contribution in [0.4, 0.5) is 5.69 Å². The molecule has 0 atom stereocenters. The van der Waals surface area contributed by atoms with E-state index in [1.54, 1.807) is 0 Å². The summed E-state index contributed by atoms with van der Waals surface area (Å²) in [4.78, 5) is 12.0. The number of carbonyl (C=O) groups is 1. The van der Waals surface area contributed by atoms with Crippen LogP contribution in [0, 0.1) is 0 Å². The number of benzene rings is 2. The van der Waals surface area contributed by atoms with Crippen LogP contribution < -0.4 is 14.8 Å². The normalized spacial score (nSPS) is 10.1. The van der Waals surface area contributed by atoms with Gasteiger partial charge in [0.2, 0.25) is 5.91 Å². The maximum Gasteiger partial charge on any atom is 0.228 e. The highest BCUT2D eigenvalue weighted by Crippen LogP contribution is 2.16. The maximum absolute atomic E-state index is 12.0. The Morgan fingerprint density at radius 1 is 0.864 bits per heavy atom. The van der Waals surface area contributed by atoms with Crippen molar-refractivity contribution in [1.82, 2.24) is 0 Å². The van der Waals surface area contributed by atoms with Gasteiger partial charge in [-0.25, -0.2) is 0 Å². The molecule has 2 rings (SSSR count). The average molecular weight is 299 g/mol. The van der Waals surface area contributed by atoms with Crippen molar-refractivity contribution in [3.8, 4) is 11.5 Å². The van der Waals surface area contributed by atoms with Gasteiger partial charge in [0.15, 0.2) is 0 Å². The Bertz CT molecular complexity index is 537. The summed E-state index contributed by atoms with van der Waals surface area (Å²) < 4.78 is 10.7. The summed E-state index contributed by atoms with van der Waals surface area (Å²) in [6, 6.07) is 14.9. The number of rotatable bonds is 7. The Kier molecular flexibility index (Phi) is 5.83. The molecular weight excluding hydrogens is 278 g/mol. The lowest BCUT2D eigenvalue weighted by Gasteiger charge is -2.08. The highest BCUT2D eigenvalue weighted by molar-refractivity contribution is 5.92. The largest absolute Gasteiger partial charge is 0.494 e. The first-order valence-electron chi connectivity index (χ1n) is 7.45. The molecule has 22 heavy (non-hydrogen) atoms. The second-order valence-electron chi connectivity index (χ2n) is 4.76. The van der Waals surface area contributed by atoms with Crippen molar-refractivity contribution in [3.63, 3.8) is 0 Å². The van der Waals surface area contributed by atoms with Crippen LogP contribution in [0.5, 0.6) is 11.5 Å². The molecule has 0 aromatic heterocycles. The first-order valence-corrected chi connectivity index (χ1v) is 7.45. The monoisotopic (exact) mass is 299 g/mol. The van der Waals surface area contributed by atoms with Crippen LogP contribution in [0.25, 0.3) is 0 Å². The fourth-order valence-corrected chi connectivity index (χ4v) is 2.06. The maximum atomic E-state index is 12.0. The van der Waals surface area contributed by atoms with Gasteiger partial charge < -0.3 is 14.8 Å². The predicted molar refractivity (Wildman–Crippen MR) is 87.6 cm³/mol. The van der Waals surface area contributed by atoms with Gasteiger partial charge in [0.1, 0.15) is 11.5 Å². The van der Waals surface area contributed by atoms with Gasteiger partial charge >= 0.3 is 0 Å². The minimum absolute atomic E-state index is 0.0479. The van der Waals surface area contributed by atoms with Crippen molar-refractivity contribution >= 4 is 11.6 Å². The van der Waals surface area contributed by atoms with Crippen LogP contribution in [0.1, 0.15) is 19.4 Å². The van der Waals surface area contributed by atoms with Crippen molar-refractivity contribution < 1.29 is 14.3 Å². The molecule has 0 saturated carbocycles. The lowest BCUT2D eigenvalue weighted by molar-refractivity contribution is -0.115. The molecular formula is C18H21NO3. The minimum atomic E-state index is -0.0479. The van der Waals surface area contributed by atoms with Gasteiger partial charge in [-0.2, -0.15) is 0 Å². The number of amides is 1. The quantitative estimate of drug-likeness (QED) is 0.848. The highest BCUT2D eigenvalue weighted by atomic mass is 16.5. The van der Waals surface area contributed by atoms with Gasteiger partial charge in [-0.05, 0) is 55.8 Å². The van der Waals surface area contributed by atoms with E-state index in [0.29, 0.717) is 19.6 Å². The van der Waals surface area contributed by atoms with Gasteiger partial charge in [0.05, 0.1) is 19.6 Å². The first-order chi connectivity index (χ1) is 10.7. The number of carbonyl (C=O) groups excluding carboxylic acids is 1. The van der Waals surface area contributed by atoms with E-state index in [-0.39, 0.29) is 5.91 Å². The molecule has 2 aromatic rings. The molecule has 0 aliphatic carbocycles. The van der Waals surface area contributed by atoms with Crippen molar-refractivity contribution in [2.45, 2.75) is 20.3 Å². The van der Waals surface area contributed by atoms with Crippen molar-refractivity contribution in [1.29, 1.82) is 0 Å². The van der Waals surface area contributed by atoms with E-state index in [0.717, 1.165) is 22.7 Å². The molecule has 0 spiro atoms. The number of hydrogen-bond donors (Lipinski definition) is 1. The Balaban J connectivity index is 1.89. The van der Waals surface area contributed by atoms with Gasteiger partial charge in [-0.15, -0.1) is 0 Å². The van der Waals surface area contributed by atoms with Crippen LogP contribution in [0.3, 0.4) is 0 Å². The molecule has 1 amide bonds. The van der Waals surface area contributed by atoms with Crippen LogP contribution in [-0.4, -0.2) is 19.1 Å². The van der Waals surface area contributed by atoms with Crippen LogP contribution >= 0.6 is 0 Å². The zero-order valence-electron chi connectivity index (χ0n) is 13.0. The summed E-state index contributed by atoms with van der Waals surface area (Å²) in [5, 5.41) is 2.87. The molecule has 2 aromatic carbocycles. The third-order valence-corrected chi connectivity index (χ3v) is 3.05. The number of nitrogens with one attached hydrogen (secondary N) is 1. The lowest BCUT2D eigenvalue weighted by atomic mass is 10.1. The standard InChI is InChI=1S/C18H21NO3/c1-3-21-16-9-5-14(6-10-16)13-18(20)19-15-7-11-17(12-8-15)22-4-2/h5-12H,3-4,13H2,1-2H3,(H,19,20). The van der Waals surface area contributed by atoms with Crippen molar-refractivity contribution in [2.24, 2.45) is 0 Å². The second kappa shape index (κ2) is 8.08. The molecule has 4 nitrogen and oxygen atoms in total. The average Bonchev–Trinajstić information content (AvgIpc) is 2.52. The molecule has 0 bridgehead atoms. The smallest absolute Gasteiger partial charge is 0.228 e. The van der Waals surface area contributed by atoms with Gasteiger partial charge in [-0.3, -0.25) is 4.79 Å². The Hall–Kier alpha value is -2.49. The van der Waals surface area contributed by atoms with E-state index < -0.39 is 0 Å². The molecule has 0 aliphatic heterocycles. The molecule has 0 radical (unpaired) electrons. The third-order valence-electron chi connectivity index (χ3n) is 3.05. The van der Waals surface area contributed by atoms with Crippen LogP contribution in [-0.2, 0) is 11.2 Å². The zero-order valence-corrected chi connectivity index (χ0v) is 13.0. The number of hydrogen-bond acceptors (Lipinski definition) is 3. The molecule has 4 heteroatoms. The van der Waals surface area contributed by atoms with Crippen LogP contribution in [0.2, 0.25) is 0 Å². The second-order valence-corrected chi connectivity index (χ2v) is 4.76. The topological polar surface area (TPSA) is 47.6 Å². The van der Waals surface area contributed by atoms with Gasteiger partial charge in [0.25, 0.3) is 0 Å². The molecule has 0 unspecified atom stereocenters. The zero-order chi connectivity index (χ0) is 15.8. The number of anilines is 1. The molecule has 0 saturated heterocycles. The van der Waals surface area contributed by atoms with E-state index in [4.69, 9.17) is 9.47 Å². The predicted octanol–water partition coefficient (Wildman–Crippen LogP) is 3.67. The van der Waals surface area contributed by atoms with Crippen molar-refractivity contribution in [3.05, 3.63) is 54.1 Å². The van der Waals surface area contributed by atoms with Gasteiger partial charge in [0, 0.05) is 5.69 Å². The summed E-state index contributed by atoms with van der Waals surface area (Å²) in [7, 11) is 0. The Morgan fingerprint density at radius 2 is 1.36 bits per heavy atom. The Labute approximate surface area is 131 Å². The fraction of sp³-hybridized carbons (Fsp3) is 0.278. The van der Waals surface area contributed by atoms with Gasteiger partial charge in [-0.1, -0.05) is 12.1 Å². The van der Waals surface area contributed by atoms with E-state index >= 15 is 0 Å². The molecule has 0 fully saturated rings. The highest BCUT2D eigenvalue weighted by Gasteiger charge is 2.05. The summed E-state index contributed by atoms with van der Waals surface area (Å²) in [6.45, 7) is 5.14. The van der Waals surface area contributed by atoms with E-state index in [1.807, 2.05) is 62.4 Å². The summed E-state index contributed by atoms with van der Waals surface area (Å²) >= 11 is 0. The van der Waals surface area contributed by atoms with Crippen LogP contribution in [0.15, 0.2) is 48.5 Å². The summed E-state index contributed by atoms with van der Waals surface area (Å²) in [5.74, 6) is 1.57. The fourth-order valence-electron chi connectivity index (χ4n) is 2.06. The first kappa shape index (κ1) is 15.9. The number of ether oxygens (including phenoxy) is 2. The Morgan fingerprint density at radius 3 is 1.86 bits per heavy atom. The SMILES string of the molecule is CCOc1ccc(CC(=O)Nc2ccc(OCC)cc2)cc1. The lowest BCUT2D eigenvalue weighted by Crippen LogP contribution is -2.14. The van der Waals surface area contributed by atoms with E-state index in [2.05, 4.69) is 5.32 Å².